The van der Waals surface area contributed by atoms with E-state index in [2.05, 4.69) is 0 Å². The van der Waals surface area contributed by atoms with Gasteiger partial charge in [-0.25, -0.2) is 0 Å². The number of nitriles is 2. The summed E-state index contributed by atoms with van der Waals surface area (Å²) in [6, 6.07) is 3.77. The van der Waals surface area contributed by atoms with Gasteiger partial charge in [0.05, 0.1) is 24.4 Å². The Morgan fingerprint density at radius 1 is 1.43 bits per heavy atom. The van der Waals surface area contributed by atoms with Crippen LogP contribution in [0.3, 0.4) is 0 Å². The predicted octanol–water partition coefficient (Wildman–Crippen LogP) is 2.19. The molecule has 0 heterocycles. The van der Waals surface area contributed by atoms with Gasteiger partial charge in [0.15, 0.2) is 0 Å². The third-order valence-corrected chi connectivity index (χ3v) is 2.28. The molecule has 14 heavy (non-hydrogen) atoms. The van der Waals surface area contributed by atoms with Gasteiger partial charge in [-0.05, 0) is 19.8 Å². The smallest absolute Gasteiger partial charge is 0.136 e. The maximum Gasteiger partial charge on any atom is 0.136 e. The molecule has 0 aromatic carbocycles. The Hall–Kier alpha value is -1.13. The molecule has 0 bridgehead atoms. The summed E-state index contributed by atoms with van der Waals surface area (Å²) in [4.78, 5) is 0. The predicted molar refractivity (Wildman–Crippen MR) is 50.0 cm³/mol. The quantitative estimate of drug-likeness (QED) is 0.657. The van der Waals surface area contributed by atoms with Gasteiger partial charge >= 0.3 is 0 Å². The van der Waals surface area contributed by atoms with Gasteiger partial charge in [0, 0.05) is 13.5 Å². The van der Waals surface area contributed by atoms with Crippen LogP contribution in [-0.4, -0.2) is 19.4 Å². The van der Waals surface area contributed by atoms with Gasteiger partial charge in [-0.3, -0.25) is 4.39 Å². The summed E-state index contributed by atoms with van der Waals surface area (Å²) in [5, 5.41) is 17.2. The van der Waals surface area contributed by atoms with Crippen molar-refractivity contribution in [2.24, 2.45) is 5.92 Å². The maximum absolute atomic E-state index is 12.0. The van der Waals surface area contributed by atoms with Crippen molar-refractivity contribution in [1.82, 2.24) is 0 Å². The van der Waals surface area contributed by atoms with Crippen LogP contribution in [-0.2, 0) is 4.74 Å². The SMILES string of the molecule is COC(C)(CCCF)CC(C#N)C#N. The highest BCUT2D eigenvalue weighted by Gasteiger charge is 2.27. The van der Waals surface area contributed by atoms with E-state index in [4.69, 9.17) is 15.3 Å². The first-order chi connectivity index (χ1) is 6.61. The van der Waals surface area contributed by atoms with Crippen LogP contribution in [0.25, 0.3) is 0 Å². The van der Waals surface area contributed by atoms with Crippen LogP contribution >= 0.6 is 0 Å². The Balaban J connectivity index is 4.25. The summed E-state index contributed by atoms with van der Waals surface area (Å²) in [6.07, 6.45) is 1.25. The molecule has 3 nitrogen and oxygen atoms in total. The lowest BCUT2D eigenvalue weighted by Gasteiger charge is -2.28. The molecule has 0 amide bonds. The van der Waals surface area contributed by atoms with E-state index in [0.717, 1.165) is 0 Å². The second-order valence-electron chi connectivity index (χ2n) is 3.46. The van der Waals surface area contributed by atoms with Crippen molar-refractivity contribution in [1.29, 1.82) is 10.5 Å². The molecule has 0 aliphatic carbocycles. The molecular weight excluding hydrogens is 183 g/mol. The van der Waals surface area contributed by atoms with Crippen LogP contribution in [0.15, 0.2) is 0 Å². The zero-order valence-electron chi connectivity index (χ0n) is 8.59. The van der Waals surface area contributed by atoms with Gasteiger partial charge in [0.2, 0.25) is 0 Å². The standard InChI is InChI=1S/C10H15FN2O/c1-10(14-2,4-3-5-11)6-9(7-12)8-13/h9H,3-6H2,1-2H3. The van der Waals surface area contributed by atoms with Crippen molar-refractivity contribution in [3.8, 4) is 12.1 Å². The molecule has 4 heteroatoms. The Morgan fingerprint density at radius 2 is 2.00 bits per heavy atom. The zero-order chi connectivity index (χ0) is 11.0. The summed E-state index contributed by atoms with van der Waals surface area (Å²) >= 11 is 0. The van der Waals surface area contributed by atoms with Crippen LogP contribution in [0.2, 0.25) is 0 Å². The monoisotopic (exact) mass is 198 g/mol. The fourth-order valence-corrected chi connectivity index (χ4v) is 1.28. The van der Waals surface area contributed by atoms with Crippen molar-refractivity contribution in [2.75, 3.05) is 13.8 Å². The molecular formula is C10H15FN2O. The van der Waals surface area contributed by atoms with E-state index < -0.39 is 18.2 Å². The molecule has 78 valence electrons. The van der Waals surface area contributed by atoms with E-state index in [-0.39, 0.29) is 0 Å². The third-order valence-electron chi connectivity index (χ3n) is 2.28. The first kappa shape index (κ1) is 12.9. The Labute approximate surface area is 84.1 Å². The lowest BCUT2D eigenvalue weighted by molar-refractivity contribution is -0.0146. The van der Waals surface area contributed by atoms with Crippen LogP contribution in [0.1, 0.15) is 26.2 Å². The summed E-state index contributed by atoms with van der Waals surface area (Å²) < 4.78 is 17.2. The third kappa shape index (κ3) is 4.20. The molecule has 0 aliphatic heterocycles. The van der Waals surface area contributed by atoms with E-state index >= 15 is 0 Å². The average molecular weight is 198 g/mol. The summed E-state index contributed by atoms with van der Waals surface area (Å²) in [7, 11) is 1.52. The molecule has 0 rings (SSSR count). The highest BCUT2D eigenvalue weighted by atomic mass is 19.1. The normalized spacial score (nSPS) is 14.4. The van der Waals surface area contributed by atoms with Crippen molar-refractivity contribution in [3.05, 3.63) is 0 Å². The van der Waals surface area contributed by atoms with Crippen molar-refractivity contribution < 1.29 is 9.13 Å². The van der Waals surface area contributed by atoms with Gasteiger partial charge in [0.1, 0.15) is 5.92 Å². The van der Waals surface area contributed by atoms with E-state index in [0.29, 0.717) is 19.3 Å². The lowest BCUT2D eigenvalue weighted by atomic mass is 9.89. The van der Waals surface area contributed by atoms with E-state index in [1.54, 1.807) is 6.92 Å². The first-order valence-electron chi connectivity index (χ1n) is 4.52. The second-order valence-corrected chi connectivity index (χ2v) is 3.46. The van der Waals surface area contributed by atoms with Gasteiger partial charge in [0.25, 0.3) is 0 Å². The van der Waals surface area contributed by atoms with Crippen LogP contribution in [0.4, 0.5) is 4.39 Å². The summed E-state index contributed by atoms with van der Waals surface area (Å²) in [5.41, 5.74) is -0.567. The molecule has 0 saturated heterocycles. The van der Waals surface area contributed by atoms with E-state index in [1.165, 1.54) is 7.11 Å². The molecule has 1 unspecified atom stereocenters. The number of rotatable bonds is 6. The number of ether oxygens (including phenoxy) is 1. The number of hydrogen-bond acceptors (Lipinski definition) is 3. The Bertz CT molecular complexity index is 229. The second kappa shape index (κ2) is 6.34. The molecule has 0 fully saturated rings. The van der Waals surface area contributed by atoms with E-state index in [9.17, 15) is 4.39 Å². The van der Waals surface area contributed by atoms with Crippen LogP contribution in [0, 0.1) is 28.6 Å². The zero-order valence-corrected chi connectivity index (χ0v) is 8.59. The molecule has 0 aromatic rings. The number of alkyl halides is 1. The maximum atomic E-state index is 12.0. The first-order valence-corrected chi connectivity index (χ1v) is 4.52. The minimum absolute atomic E-state index is 0.330. The van der Waals surface area contributed by atoms with Crippen LogP contribution < -0.4 is 0 Å². The Morgan fingerprint density at radius 3 is 2.36 bits per heavy atom. The minimum atomic E-state index is -0.681. The van der Waals surface area contributed by atoms with Crippen LogP contribution in [0.5, 0.6) is 0 Å². The lowest BCUT2D eigenvalue weighted by Crippen LogP contribution is -2.30. The van der Waals surface area contributed by atoms with Crippen molar-refractivity contribution in [3.63, 3.8) is 0 Å². The van der Waals surface area contributed by atoms with Gasteiger partial charge in [-0.2, -0.15) is 10.5 Å². The Kier molecular flexibility index (Phi) is 5.83. The highest BCUT2D eigenvalue weighted by Crippen LogP contribution is 2.25. The molecule has 0 aromatic heterocycles. The van der Waals surface area contributed by atoms with Gasteiger partial charge < -0.3 is 4.74 Å². The molecule has 0 spiro atoms. The molecule has 0 N–H and O–H groups in total. The van der Waals surface area contributed by atoms with Gasteiger partial charge in [-0.1, -0.05) is 0 Å². The molecule has 1 atom stereocenters. The fourth-order valence-electron chi connectivity index (χ4n) is 1.28. The fraction of sp³-hybridized carbons (Fsp3) is 0.800. The molecule has 0 saturated carbocycles. The highest BCUT2D eigenvalue weighted by molar-refractivity contribution is 5.02. The van der Waals surface area contributed by atoms with E-state index in [1.807, 2.05) is 12.1 Å². The largest absolute Gasteiger partial charge is 0.378 e. The number of nitrogens with zero attached hydrogens (tertiary/aromatic N) is 2. The van der Waals surface area contributed by atoms with Crippen molar-refractivity contribution in [2.45, 2.75) is 31.8 Å². The summed E-state index contributed by atoms with van der Waals surface area (Å²) in [5.74, 6) is -0.681. The minimum Gasteiger partial charge on any atom is -0.378 e. The number of hydrogen-bond donors (Lipinski definition) is 0. The summed E-state index contributed by atoms with van der Waals surface area (Å²) in [6.45, 7) is 1.40. The van der Waals surface area contributed by atoms with Gasteiger partial charge in [-0.15, -0.1) is 0 Å². The number of methoxy groups -OCH3 is 1. The average Bonchev–Trinajstić information content (AvgIpc) is 2.23. The van der Waals surface area contributed by atoms with Crippen molar-refractivity contribution >= 4 is 0 Å². The number of halogens is 1. The molecule has 0 radical (unpaired) electrons. The topological polar surface area (TPSA) is 56.8 Å². The molecule has 0 aliphatic rings.